The van der Waals surface area contributed by atoms with Crippen molar-refractivity contribution in [1.82, 2.24) is 4.72 Å². The van der Waals surface area contributed by atoms with Crippen LogP contribution in [0, 0.1) is 0 Å². The van der Waals surface area contributed by atoms with Crippen molar-refractivity contribution in [2.75, 3.05) is 6.61 Å². The van der Waals surface area contributed by atoms with Crippen molar-refractivity contribution in [3.8, 4) is 0 Å². The van der Waals surface area contributed by atoms with Crippen LogP contribution in [0.5, 0.6) is 0 Å². The highest BCUT2D eigenvalue weighted by molar-refractivity contribution is 7.84. The van der Waals surface area contributed by atoms with Crippen LogP contribution in [0.3, 0.4) is 0 Å². The fourth-order valence-electron chi connectivity index (χ4n) is 1.80. The Balaban J connectivity index is 2.94. The molecule has 4 nitrogen and oxygen atoms in total. The van der Waals surface area contributed by atoms with Crippen LogP contribution in [0.4, 0.5) is 0 Å². The molecule has 7 heteroatoms. The number of halogens is 2. The molecule has 134 valence electrons. The van der Waals surface area contributed by atoms with Crippen LogP contribution in [0.25, 0.3) is 5.57 Å². The zero-order valence-corrected chi connectivity index (χ0v) is 16.6. The molecule has 24 heavy (non-hydrogen) atoms. The van der Waals surface area contributed by atoms with Gasteiger partial charge in [-0.25, -0.2) is 8.93 Å². The van der Waals surface area contributed by atoms with Gasteiger partial charge in [0, 0.05) is 0 Å². The summed E-state index contributed by atoms with van der Waals surface area (Å²) in [5, 5.41) is 0.858. The standard InChI is InChI=1S/C17H23Cl2NO3S/c1-6-23-16(21)15(20-24(22)17(3,4)5)9-11(2)12-7-8-13(18)14(19)10-12/h7-8,10,15,20H,2,6,9H2,1,3-5H3/t15-,24-/m1/s1. The molecule has 0 aromatic heterocycles. The van der Waals surface area contributed by atoms with Crippen LogP contribution in [-0.2, 0) is 20.5 Å². The molecular formula is C17H23Cl2NO3S. The lowest BCUT2D eigenvalue weighted by atomic mass is 10.0. The Morgan fingerprint density at radius 1 is 1.33 bits per heavy atom. The van der Waals surface area contributed by atoms with E-state index in [0.717, 1.165) is 5.56 Å². The lowest BCUT2D eigenvalue weighted by Crippen LogP contribution is -2.44. The highest BCUT2D eigenvalue weighted by Crippen LogP contribution is 2.27. The number of nitrogens with one attached hydrogen (secondary N) is 1. The molecule has 1 rings (SSSR count). The van der Waals surface area contributed by atoms with Crippen molar-refractivity contribution in [2.24, 2.45) is 0 Å². The quantitative estimate of drug-likeness (QED) is 0.701. The Kier molecular flexibility index (Phi) is 7.93. The van der Waals surface area contributed by atoms with Gasteiger partial charge in [0.05, 0.1) is 32.4 Å². The molecule has 0 unspecified atom stereocenters. The number of ether oxygens (including phenoxy) is 1. The van der Waals surface area contributed by atoms with Gasteiger partial charge in [0.1, 0.15) is 6.04 Å². The fourth-order valence-corrected chi connectivity index (χ4v) is 2.89. The number of rotatable bonds is 7. The van der Waals surface area contributed by atoms with E-state index in [9.17, 15) is 9.00 Å². The smallest absolute Gasteiger partial charge is 0.324 e. The van der Waals surface area contributed by atoms with Gasteiger partial charge in [-0.15, -0.1) is 0 Å². The van der Waals surface area contributed by atoms with Crippen LogP contribution < -0.4 is 4.72 Å². The topological polar surface area (TPSA) is 55.4 Å². The van der Waals surface area contributed by atoms with E-state index in [1.54, 1.807) is 25.1 Å². The molecule has 2 atom stereocenters. The second-order valence-corrected chi connectivity index (χ2v) is 9.05. The van der Waals surface area contributed by atoms with Crippen molar-refractivity contribution in [3.63, 3.8) is 0 Å². The Bertz CT molecular complexity index is 641. The van der Waals surface area contributed by atoms with Crippen molar-refractivity contribution in [1.29, 1.82) is 0 Å². The number of carbonyl (C=O) groups excluding carboxylic acids is 1. The summed E-state index contributed by atoms with van der Waals surface area (Å²) in [6, 6.07) is 4.38. The van der Waals surface area contributed by atoms with E-state index in [2.05, 4.69) is 11.3 Å². The number of hydrogen-bond acceptors (Lipinski definition) is 3. The highest BCUT2D eigenvalue weighted by atomic mass is 35.5. The van der Waals surface area contributed by atoms with Gasteiger partial charge < -0.3 is 4.74 Å². The summed E-state index contributed by atoms with van der Waals surface area (Å²) >= 11 is 11.9. The van der Waals surface area contributed by atoms with Gasteiger partial charge in [-0.3, -0.25) is 4.79 Å². The molecule has 0 radical (unpaired) electrons. The van der Waals surface area contributed by atoms with E-state index < -0.39 is 27.7 Å². The monoisotopic (exact) mass is 391 g/mol. The van der Waals surface area contributed by atoms with Crippen LogP contribution in [0.15, 0.2) is 24.8 Å². The maximum Gasteiger partial charge on any atom is 0.324 e. The first-order valence-electron chi connectivity index (χ1n) is 7.54. The van der Waals surface area contributed by atoms with Gasteiger partial charge in [-0.05, 0) is 57.4 Å². The number of hydrogen-bond donors (Lipinski definition) is 1. The Labute approximate surface area is 156 Å². The minimum atomic E-state index is -1.41. The molecule has 1 aromatic carbocycles. The van der Waals surface area contributed by atoms with Crippen LogP contribution in [-0.4, -0.2) is 27.6 Å². The molecule has 0 aliphatic heterocycles. The number of esters is 1. The lowest BCUT2D eigenvalue weighted by Gasteiger charge is -2.23. The van der Waals surface area contributed by atoms with E-state index in [-0.39, 0.29) is 13.0 Å². The zero-order valence-electron chi connectivity index (χ0n) is 14.3. The molecular weight excluding hydrogens is 369 g/mol. The average Bonchev–Trinajstić information content (AvgIpc) is 2.48. The van der Waals surface area contributed by atoms with E-state index in [1.165, 1.54) is 0 Å². The summed E-state index contributed by atoms with van der Waals surface area (Å²) < 4.78 is 19.7. The van der Waals surface area contributed by atoms with Gasteiger partial charge in [0.2, 0.25) is 0 Å². The maximum absolute atomic E-state index is 12.3. The Hall–Kier alpha value is -0.880. The number of benzene rings is 1. The van der Waals surface area contributed by atoms with E-state index in [4.69, 9.17) is 27.9 Å². The molecule has 0 bridgehead atoms. The second-order valence-electron chi connectivity index (χ2n) is 6.24. The molecule has 0 aliphatic carbocycles. The van der Waals surface area contributed by atoms with Crippen molar-refractivity contribution in [2.45, 2.75) is 44.9 Å². The van der Waals surface area contributed by atoms with Crippen LogP contribution in [0.2, 0.25) is 10.0 Å². The highest BCUT2D eigenvalue weighted by Gasteiger charge is 2.28. The molecule has 0 heterocycles. The first-order valence-corrected chi connectivity index (χ1v) is 9.44. The van der Waals surface area contributed by atoms with Crippen LogP contribution in [0.1, 0.15) is 39.7 Å². The minimum absolute atomic E-state index is 0.248. The summed E-state index contributed by atoms with van der Waals surface area (Å²) in [7, 11) is -1.41. The summed E-state index contributed by atoms with van der Waals surface area (Å²) in [5.41, 5.74) is 1.44. The third-order valence-electron chi connectivity index (χ3n) is 3.15. The Morgan fingerprint density at radius 2 is 1.96 bits per heavy atom. The molecule has 0 fully saturated rings. The van der Waals surface area contributed by atoms with Gasteiger partial charge in [0.15, 0.2) is 0 Å². The van der Waals surface area contributed by atoms with Gasteiger partial charge in [0.25, 0.3) is 0 Å². The Morgan fingerprint density at radius 3 is 2.46 bits per heavy atom. The molecule has 0 spiro atoms. The van der Waals surface area contributed by atoms with Crippen molar-refractivity contribution in [3.05, 3.63) is 40.4 Å². The van der Waals surface area contributed by atoms with Crippen molar-refractivity contribution < 1.29 is 13.7 Å². The molecule has 0 saturated heterocycles. The summed E-state index contributed by atoms with van der Waals surface area (Å²) in [6.07, 6.45) is 0.249. The summed E-state index contributed by atoms with van der Waals surface area (Å²) in [4.78, 5) is 12.2. The zero-order chi connectivity index (χ0) is 18.5. The molecule has 0 saturated carbocycles. The summed E-state index contributed by atoms with van der Waals surface area (Å²) in [5.74, 6) is -0.462. The van der Waals surface area contributed by atoms with Gasteiger partial charge in [-0.1, -0.05) is 35.8 Å². The summed E-state index contributed by atoms with van der Waals surface area (Å²) in [6.45, 7) is 11.4. The first kappa shape index (κ1) is 21.2. The first-order chi connectivity index (χ1) is 11.1. The van der Waals surface area contributed by atoms with Gasteiger partial charge >= 0.3 is 5.97 Å². The average molecular weight is 392 g/mol. The predicted molar refractivity (Wildman–Crippen MR) is 102 cm³/mol. The van der Waals surface area contributed by atoms with E-state index >= 15 is 0 Å². The minimum Gasteiger partial charge on any atom is -0.465 e. The van der Waals surface area contributed by atoms with Gasteiger partial charge in [-0.2, -0.15) is 0 Å². The second kappa shape index (κ2) is 8.99. The molecule has 0 amide bonds. The fraction of sp³-hybridized carbons (Fsp3) is 0.471. The largest absolute Gasteiger partial charge is 0.465 e. The third-order valence-corrected chi connectivity index (χ3v) is 5.50. The van der Waals surface area contributed by atoms with Crippen molar-refractivity contribution >= 4 is 45.7 Å². The SMILES string of the molecule is C=C(C[C@@H](N[S@](=O)C(C)(C)C)C(=O)OCC)c1ccc(Cl)c(Cl)c1. The van der Waals surface area contributed by atoms with Crippen LogP contribution >= 0.6 is 23.2 Å². The normalized spacial score (nSPS) is 14.1. The van der Waals surface area contributed by atoms with E-state index in [0.29, 0.717) is 15.6 Å². The number of carbonyl (C=O) groups is 1. The molecule has 1 N–H and O–H groups in total. The maximum atomic E-state index is 12.3. The lowest BCUT2D eigenvalue weighted by molar-refractivity contribution is -0.144. The molecule has 0 aliphatic rings. The van der Waals surface area contributed by atoms with E-state index in [1.807, 2.05) is 20.8 Å². The third kappa shape index (κ3) is 6.20. The predicted octanol–water partition coefficient (Wildman–Crippen LogP) is 4.38. The molecule has 1 aromatic rings.